The Bertz CT molecular complexity index is 1070. The van der Waals surface area contributed by atoms with Crippen LogP contribution in [-0.4, -0.2) is 65.0 Å². The van der Waals surface area contributed by atoms with Crippen LogP contribution in [0.2, 0.25) is 0 Å². The molecule has 1 fully saturated rings. The zero-order valence-corrected chi connectivity index (χ0v) is 22.8. The highest BCUT2D eigenvalue weighted by Gasteiger charge is 2.32. The number of amides is 3. The minimum atomic E-state index is -0.555. The molecule has 10 heteroatoms. The third-order valence-corrected chi connectivity index (χ3v) is 6.74. The summed E-state index contributed by atoms with van der Waals surface area (Å²) in [6.45, 7) is 8.44. The second-order valence-electron chi connectivity index (χ2n) is 10.3. The molecule has 0 unspecified atom stereocenters. The molecule has 2 heterocycles. The van der Waals surface area contributed by atoms with Crippen LogP contribution < -0.4 is 10.6 Å². The number of rotatable bonds is 8. The number of aryl methyl sites for hydroxylation is 2. The Balaban J connectivity index is 1.67. The molecule has 0 bridgehead atoms. The molecule has 1 aromatic carbocycles. The van der Waals surface area contributed by atoms with E-state index in [0.29, 0.717) is 23.8 Å². The first kappa shape index (κ1) is 27.6. The number of benzene rings is 1. The van der Waals surface area contributed by atoms with E-state index >= 15 is 0 Å². The maximum Gasteiger partial charge on any atom is 0.412 e. The number of nitrogens with one attached hydrogen (secondary N) is 2. The topological polar surface area (TPSA) is 104 Å². The molecule has 196 valence electrons. The molecule has 1 aliphatic rings. The van der Waals surface area contributed by atoms with Crippen molar-refractivity contribution in [1.82, 2.24) is 14.8 Å². The van der Waals surface area contributed by atoms with Gasteiger partial charge >= 0.3 is 6.09 Å². The van der Waals surface area contributed by atoms with Crippen molar-refractivity contribution in [3.63, 3.8) is 0 Å². The van der Waals surface area contributed by atoms with E-state index in [2.05, 4.69) is 15.5 Å². The fraction of sp³-hybridized carbons (Fsp3) is 0.538. The quantitative estimate of drug-likeness (QED) is 0.544. The minimum absolute atomic E-state index is 0.121. The number of ether oxygens (including phenoxy) is 1. The molecule has 3 rings (SSSR count). The number of anilines is 2. The number of carbonyl (C=O) groups is 3. The first-order valence-electron chi connectivity index (χ1n) is 12.2. The van der Waals surface area contributed by atoms with Crippen molar-refractivity contribution in [1.29, 1.82) is 0 Å². The molecule has 1 aliphatic heterocycles. The van der Waals surface area contributed by atoms with E-state index in [-0.39, 0.29) is 17.9 Å². The van der Waals surface area contributed by atoms with Crippen molar-refractivity contribution in [2.75, 3.05) is 31.3 Å². The van der Waals surface area contributed by atoms with Gasteiger partial charge in [0, 0.05) is 38.1 Å². The molecule has 9 nitrogen and oxygen atoms in total. The van der Waals surface area contributed by atoms with E-state index in [1.807, 2.05) is 45.0 Å². The lowest BCUT2D eigenvalue weighted by atomic mass is 10.1. The number of nitrogens with zero attached hydrogens (tertiary/aromatic N) is 3. The Morgan fingerprint density at radius 1 is 1.14 bits per heavy atom. The van der Waals surface area contributed by atoms with Gasteiger partial charge in [-0.15, -0.1) is 11.3 Å². The van der Waals surface area contributed by atoms with Gasteiger partial charge in [0.15, 0.2) is 5.13 Å². The van der Waals surface area contributed by atoms with Crippen LogP contribution in [-0.2, 0) is 33.7 Å². The molecule has 2 aromatic rings. The van der Waals surface area contributed by atoms with Crippen LogP contribution in [0.4, 0.5) is 15.6 Å². The average Bonchev–Trinajstić information content (AvgIpc) is 3.37. The highest BCUT2D eigenvalue weighted by molar-refractivity contribution is 7.15. The lowest BCUT2D eigenvalue weighted by Crippen LogP contribution is -2.42. The second kappa shape index (κ2) is 11.8. The van der Waals surface area contributed by atoms with Crippen LogP contribution in [0.1, 0.15) is 56.7 Å². The van der Waals surface area contributed by atoms with Crippen molar-refractivity contribution >= 4 is 40.1 Å². The molecule has 0 aliphatic carbocycles. The van der Waals surface area contributed by atoms with Crippen molar-refractivity contribution < 1.29 is 19.1 Å². The summed E-state index contributed by atoms with van der Waals surface area (Å²) < 4.78 is 5.30. The van der Waals surface area contributed by atoms with Gasteiger partial charge in [-0.2, -0.15) is 0 Å². The molecule has 0 spiro atoms. The van der Waals surface area contributed by atoms with Gasteiger partial charge in [0.25, 0.3) is 0 Å². The number of hydrogen-bond acceptors (Lipinski definition) is 7. The molecular weight excluding hydrogens is 478 g/mol. The molecule has 2 N–H and O–H groups in total. The Hall–Kier alpha value is -2.98. The van der Waals surface area contributed by atoms with Crippen LogP contribution in [0, 0.1) is 0 Å². The summed E-state index contributed by atoms with van der Waals surface area (Å²) >= 11 is 1.47. The van der Waals surface area contributed by atoms with E-state index in [1.54, 1.807) is 19.0 Å². The molecule has 1 atom stereocenters. The van der Waals surface area contributed by atoms with Crippen molar-refractivity contribution in [3.05, 3.63) is 40.4 Å². The monoisotopic (exact) mass is 515 g/mol. The maximum atomic E-state index is 12.6. The molecule has 0 saturated carbocycles. The van der Waals surface area contributed by atoms with Crippen LogP contribution in [0.25, 0.3) is 0 Å². The number of likely N-dealkylation sites (tertiary alicyclic amines) is 1. The Kier molecular flexibility index (Phi) is 9.08. The summed E-state index contributed by atoms with van der Waals surface area (Å²) in [5.74, 6) is -0.0301. The number of hydrogen-bond donors (Lipinski definition) is 2. The summed E-state index contributed by atoms with van der Waals surface area (Å²) in [7, 11) is 3.58. The summed E-state index contributed by atoms with van der Waals surface area (Å²) in [5.41, 5.74) is 2.15. The van der Waals surface area contributed by atoms with Gasteiger partial charge in [0.05, 0.1) is 11.7 Å². The van der Waals surface area contributed by atoms with E-state index in [4.69, 9.17) is 9.72 Å². The first-order valence-corrected chi connectivity index (χ1v) is 13.0. The van der Waals surface area contributed by atoms with Crippen molar-refractivity contribution in [2.24, 2.45) is 0 Å². The molecule has 3 amide bonds. The maximum absolute atomic E-state index is 12.6. The van der Waals surface area contributed by atoms with E-state index in [9.17, 15) is 14.4 Å². The van der Waals surface area contributed by atoms with Gasteiger partial charge in [-0.1, -0.05) is 12.1 Å². The highest BCUT2D eigenvalue weighted by Crippen LogP contribution is 2.29. The standard InChI is InChI=1S/C26H37N5O4S/c1-17(32)27-24-29-20(22(36-24)16-31-15-7-8-21(31)23(33)30(5)6)14-11-18-9-12-19(13-10-18)28-25(34)35-26(2,3)4/h9-10,12-13,21H,7-8,11,14-16H2,1-6H3,(H,28,34)(H,27,29,32)/t21-/m0/s1. The van der Waals surface area contributed by atoms with Gasteiger partial charge in [-0.05, 0) is 70.7 Å². The second-order valence-corrected chi connectivity index (χ2v) is 11.3. The van der Waals surface area contributed by atoms with Crippen LogP contribution >= 0.6 is 11.3 Å². The molecule has 0 radical (unpaired) electrons. The first-order chi connectivity index (χ1) is 16.9. The van der Waals surface area contributed by atoms with E-state index in [1.165, 1.54) is 18.3 Å². The SMILES string of the molecule is CC(=O)Nc1nc(CCc2ccc(NC(=O)OC(C)(C)C)cc2)c(CN2CCC[C@H]2C(=O)N(C)C)s1. The third kappa shape index (κ3) is 8.03. The fourth-order valence-electron chi connectivity index (χ4n) is 4.12. The van der Waals surface area contributed by atoms with E-state index < -0.39 is 11.7 Å². The van der Waals surface area contributed by atoms with Gasteiger partial charge in [0.2, 0.25) is 11.8 Å². The highest BCUT2D eigenvalue weighted by atomic mass is 32.1. The predicted octanol–water partition coefficient (Wildman–Crippen LogP) is 4.29. The number of aromatic nitrogens is 1. The molecule has 36 heavy (non-hydrogen) atoms. The lowest BCUT2D eigenvalue weighted by Gasteiger charge is -2.25. The Morgan fingerprint density at radius 2 is 1.83 bits per heavy atom. The van der Waals surface area contributed by atoms with Gasteiger partial charge in [0.1, 0.15) is 5.60 Å². The van der Waals surface area contributed by atoms with Gasteiger partial charge in [-0.25, -0.2) is 9.78 Å². The molecule has 1 saturated heterocycles. The van der Waals surface area contributed by atoms with Gasteiger partial charge < -0.3 is 15.0 Å². The summed E-state index contributed by atoms with van der Waals surface area (Å²) in [6.07, 6.45) is 2.81. The smallest absolute Gasteiger partial charge is 0.412 e. The zero-order valence-electron chi connectivity index (χ0n) is 22.0. The average molecular weight is 516 g/mol. The van der Waals surface area contributed by atoms with Gasteiger partial charge in [-0.3, -0.25) is 19.8 Å². The predicted molar refractivity (Wildman–Crippen MR) is 142 cm³/mol. The van der Waals surface area contributed by atoms with Crippen LogP contribution in [0.3, 0.4) is 0 Å². The van der Waals surface area contributed by atoms with Crippen LogP contribution in [0.5, 0.6) is 0 Å². The molecular formula is C26H37N5O4S. The number of carbonyl (C=O) groups excluding carboxylic acids is 3. The largest absolute Gasteiger partial charge is 0.444 e. The summed E-state index contributed by atoms with van der Waals surface area (Å²) in [4.78, 5) is 45.9. The Labute approximate surface area is 217 Å². The van der Waals surface area contributed by atoms with E-state index in [0.717, 1.165) is 41.9 Å². The lowest BCUT2D eigenvalue weighted by molar-refractivity contribution is -0.133. The minimum Gasteiger partial charge on any atom is -0.444 e. The third-order valence-electron chi connectivity index (χ3n) is 5.75. The fourth-order valence-corrected chi connectivity index (χ4v) is 5.20. The van der Waals surface area contributed by atoms with Crippen molar-refractivity contribution in [2.45, 2.75) is 71.6 Å². The van der Waals surface area contributed by atoms with Crippen molar-refractivity contribution in [3.8, 4) is 0 Å². The normalized spacial score (nSPS) is 16.0. The summed E-state index contributed by atoms with van der Waals surface area (Å²) in [5, 5.41) is 6.13. The van der Waals surface area contributed by atoms with Crippen LogP contribution in [0.15, 0.2) is 24.3 Å². The summed E-state index contributed by atoms with van der Waals surface area (Å²) in [6, 6.07) is 7.53. The number of thiazole rings is 1. The molecule has 1 aromatic heterocycles. The zero-order chi connectivity index (χ0) is 26.5. The number of likely N-dealkylation sites (N-methyl/N-ethyl adjacent to an activating group) is 1. The Morgan fingerprint density at radius 3 is 2.44 bits per heavy atom.